The van der Waals surface area contributed by atoms with E-state index in [1.54, 1.807) is 0 Å². The fraction of sp³-hybridized carbons (Fsp3) is 0. The molecule has 1 heterocycles. The third-order valence-corrected chi connectivity index (χ3v) is 3.42. The third kappa shape index (κ3) is 2.25. The van der Waals surface area contributed by atoms with Crippen LogP contribution in [0.3, 0.4) is 0 Å². The standard InChI is InChI=1S/C13H10N4OS/c14-13-17-16-12(19-13)11(18)15-10-7-3-5-8-4-1-2-6-9(8)10/h1-7H,(H2,14,17)(H,15,18). The van der Waals surface area contributed by atoms with E-state index in [-0.39, 0.29) is 16.0 Å². The van der Waals surface area contributed by atoms with Crippen LogP contribution in [0, 0.1) is 0 Å². The summed E-state index contributed by atoms with van der Waals surface area (Å²) in [6, 6.07) is 13.6. The zero-order chi connectivity index (χ0) is 13.2. The van der Waals surface area contributed by atoms with Gasteiger partial charge in [-0.3, -0.25) is 4.79 Å². The first-order valence-electron chi connectivity index (χ1n) is 5.62. The molecule has 3 N–H and O–H groups in total. The lowest BCUT2D eigenvalue weighted by Crippen LogP contribution is -2.11. The lowest BCUT2D eigenvalue weighted by atomic mass is 10.1. The Morgan fingerprint density at radius 2 is 1.89 bits per heavy atom. The molecule has 0 radical (unpaired) electrons. The number of rotatable bonds is 2. The molecule has 0 spiro atoms. The van der Waals surface area contributed by atoms with Gasteiger partial charge in [0, 0.05) is 11.1 Å². The van der Waals surface area contributed by atoms with Crippen molar-refractivity contribution in [1.29, 1.82) is 0 Å². The van der Waals surface area contributed by atoms with Gasteiger partial charge in [-0.25, -0.2) is 0 Å². The van der Waals surface area contributed by atoms with Crippen LogP contribution in [0.5, 0.6) is 0 Å². The number of carbonyl (C=O) groups is 1. The van der Waals surface area contributed by atoms with Gasteiger partial charge in [-0.2, -0.15) is 0 Å². The molecule has 0 aliphatic heterocycles. The molecular formula is C13H10N4OS. The minimum atomic E-state index is -0.300. The molecule has 0 unspecified atom stereocenters. The fourth-order valence-corrected chi connectivity index (χ4v) is 2.34. The van der Waals surface area contributed by atoms with Crippen molar-refractivity contribution in [1.82, 2.24) is 10.2 Å². The Morgan fingerprint density at radius 1 is 1.11 bits per heavy atom. The van der Waals surface area contributed by atoms with Crippen molar-refractivity contribution in [2.45, 2.75) is 0 Å². The van der Waals surface area contributed by atoms with Crippen LogP contribution in [-0.2, 0) is 0 Å². The Morgan fingerprint density at radius 3 is 2.68 bits per heavy atom. The normalized spacial score (nSPS) is 10.5. The zero-order valence-electron chi connectivity index (χ0n) is 9.83. The number of amides is 1. The van der Waals surface area contributed by atoms with Crippen LogP contribution >= 0.6 is 11.3 Å². The summed E-state index contributed by atoms with van der Waals surface area (Å²) in [7, 11) is 0. The van der Waals surface area contributed by atoms with E-state index in [4.69, 9.17) is 5.73 Å². The molecule has 94 valence electrons. The van der Waals surface area contributed by atoms with Gasteiger partial charge in [0.2, 0.25) is 10.1 Å². The van der Waals surface area contributed by atoms with E-state index < -0.39 is 0 Å². The molecule has 0 aliphatic carbocycles. The van der Waals surface area contributed by atoms with Crippen molar-refractivity contribution in [2.75, 3.05) is 11.1 Å². The number of hydrogen-bond donors (Lipinski definition) is 2. The molecule has 0 saturated heterocycles. The highest BCUT2D eigenvalue weighted by Crippen LogP contribution is 2.24. The number of nitrogens with two attached hydrogens (primary N) is 1. The fourth-order valence-electron chi connectivity index (χ4n) is 1.84. The van der Waals surface area contributed by atoms with Crippen molar-refractivity contribution in [3.63, 3.8) is 0 Å². The van der Waals surface area contributed by atoms with Gasteiger partial charge in [0.05, 0.1) is 0 Å². The van der Waals surface area contributed by atoms with Crippen LogP contribution in [0.2, 0.25) is 0 Å². The molecule has 1 aromatic heterocycles. The zero-order valence-corrected chi connectivity index (χ0v) is 10.6. The molecule has 0 bridgehead atoms. The summed E-state index contributed by atoms with van der Waals surface area (Å²) < 4.78 is 0. The maximum Gasteiger partial charge on any atom is 0.286 e. The summed E-state index contributed by atoms with van der Waals surface area (Å²) in [5.74, 6) is -0.300. The van der Waals surface area contributed by atoms with Crippen molar-refractivity contribution >= 4 is 38.8 Å². The minimum Gasteiger partial charge on any atom is -0.374 e. The Balaban J connectivity index is 1.95. The van der Waals surface area contributed by atoms with Crippen LogP contribution in [0.4, 0.5) is 10.8 Å². The average molecular weight is 270 g/mol. The van der Waals surface area contributed by atoms with Crippen molar-refractivity contribution in [2.24, 2.45) is 0 Å². The molecule has 1 amide bonds. The summed E-state index contributed by atoms with van der Waals surface area (Å²) in [6.45, 7) is 0. The second-order valence-corrected chi connectivity index (χ2v) is 4.94. The summed E-state index contributed by atoms with van der Waals surface area (Å²) in [6.07, 6.45) is 0. The number of hydrogen-bond acceptors (Lipinski definition) is 5. The Kier molecular flexibility index (Phi) is 2.85. The predicted octanol–water partition coefficient (Wildman–Crippen LogP) is 2.53. The number of fused-ring (bicyclic) bond motifs is 1. The monoisotopic (exact) mass is 270 g/mol. The molecule has 3 rings (SSSR count). The number of nitrogen functional groups attached to an aromatic ring is 1. The number of nitrogens with one attached hydrogen (secondary N) is 1. The first-order chi connectivity index (χ1) is 9.24. The summed E-state index contributed by atoms with van der Waals surface area (Å²) in [5, 5.41) is 12.8. The van der Waals surface area contributed by atoms with Gasteiger partial charge in [-0.05, 0) is 11.5 Å². The topological polar surface area (TPSA) is 80.9 Å². The highest BCUT2D eigenvalue weighted by molar-refractivity contribution is 7.17. The van der Waals surface area contributed by atoms with Crippen LogP contribution < -0.4 is 11.1 Å². The van der Waals surface area contributed by atoms with Gasteiger partial charge in [0.1, 0.15) is 0 Å². The first kappa shape index (κ1) is 11.6. The van der Waals surface area contributed by atoms with Gasteiger partial charge in [-0.15, -0.1) is 10.2 Å². The molecule has 5 nitrogen and oxygen atoms in total. The van der Waals surface area contributed by atoms with Gasteiger partial charge in [-0.1, -0.05) is 47.7 Å². The highest BCUT2D eigenvalue weighted by Gasteiger charge is 2.12. The average Bonchev–Trinajstić information content (AvgIpc) is 2.86. The van der Waals surface area contributed by atoms with E-state index in [1.807, 2.05) is 42.5 Å². The smallest absolute Gasteiger partial charge is 0.286 e. The largest absolute Gasteiger partial charge is 0.374 e. The molecule has 0 atom stereocenters. The molecular weight excluding hydrogens is 260 g/mol. The van der Waals surface area contributed by atoms with Gasteiger partial charge >= 0.3 is 0 Å². The number of nitrogens with zero attached hydrogens (tertiary/aromatic N) is 2. The molecule has 0 saturated carbocycles. The van der Waals surface area contributed by atoms with E-state index in [0.717, 1.165) is 27.8 Å². The van der Waals surface area contributed by atoms with Gasteiger partial charge in [0.25, 0.3) is 5.91 Å². The summed E-state index contributed by atoms with van der Waals surface area (Å²) in [4.78, 5) is 12.0. The number of carbonyl (C=O) groups excluding carboxylic acids is 1. The molecule has 3 aromatic rings. The van der Waals surface area contributed by atoms with Crippen molar-refractivity contribution in [3.05, 3.63) is 47.5 Å². The lowest BCUT2D eigenvalue weighted by Gasteiger charge is -2.06. The van der Waals surface area contributed by atoms with Crippen LogP contribution in [-0.4, -0.2) is 16.1 Å². The summed E-state index contributed by atoms with van der Waals surface area (Å²) >= 11 is 1.06. The number of benzene rings is 2. The van der Waals surface area contributed by atoms with E-state index in [1.165, 1.54) is 0 Å². The SMILES string of the molecule is Nc1nnc(C(=O)Nc2cccc3ccccc23)s1. The minimum absolute atomic E-state index is 0.255. The summed E-state index contributed by atoms with van der Waals surface area (Å²) in [5.41, 5.74) is 6.21. The van der Waals surface area contributed by atoms with Crippen LogP contribution in [0.15, 0.2) is 42.5 Å². The highest BCUT2D eigenvalue weighted by atomic mass is 32.1. The molecule has 19 heavy (non-hydrogen) atoms. The third-order valence-electron chi connectivity index (χ3n) is 2.67. The van der Waals surface area contributed by atoms with Crippen molar-refractivity contribution in [3.8, 4) is 0 Å². The molecule has 0 fully saturated rings. The lowest BCUT2D eigenvalue weighted by molar-refractivity contribution is 0.102. The molecule has 6 heteroatoms. The quantitative estimate of drug-likeness (QED) is 0.749. The van der Waals surface area contributed by atoms with E-state index in [0.29, 0.717) is 0 Å². The Labute approximate surface area is 113 Å². The first-order valence-corrected chi connectivity index (χ1v) is 6.44. The second kappa shape index (κ2) is 4.66. The van der Waals surface area contributed by atoms with Crippen LogP contribution in [0.1, 0.15) is 9.80 Å². The van der Waals surface area contributed by atoms with E-state index >= 15 is 0 Å². The predicted molar refractivity (Wildman–Crippen MR) is 76.2 cm³/mol. The molecule has 0 aliphatic rings. The number of anilines is 2. The Hall–Kier alpha value is -2.47. The molecule has 2 aromatic carbocycles. The van der Waals surface area contributed by atoms with E-state index in [2.05, 4.69) is 15.5 Å². The Bertz CT molecular complexity index is 748. The van der Waals surface area contributed by atoms with Gasteiger partial charge < -0.3 is 11.1 Å². The van der Waals surface area contributed by atoms with Gasteiger partial charge in [0.15, 0.2) is 0 Å². The van der Waals surface area contributed by atoms with E-state index in [9.17, 15) is 4.79 Å². The van der Waals surface area contributed by atoms with Crippen molar-refractivity contribution < 1.29 is 4.79 Å². The second-order valence-electron chi connectivity index (χ2n) is 3.93. The maximum atomic E-state index is 12.0. The van der Waals surface area contributed by atoms with Crippen LogP contribution in [0.25, 0.3) is 10.8 Å². The number of aromatic nitrogens is 2. The maximum absolute atomic E-state index is 12.0.